The van der Waals surface area contributed by atoms with Gasteiger partial charge in [-0.05, 0) is 50.4 Å². The number of unbranched alkanes of at least 4 members (excludes halogenated alkanes) is 2. The lowest BCUT2D eigenvalue weighted by molar-refractivity contribution is 0.437. The molecule has 0 aliphatic carbocycles. The molecule has 1 saturated heterocycles. The fourth-order valence-corrected chi connectivity index (χ4v) is 4.24. The molecule has 1 aromatic heterocycles. The molecule has 1 atom stereocenters. The van der Waals surface area contributed by atoms with Crippen molar-refractivity contribution < 1.29 is 4.39 Å². The molecule has 2 aromatic rings. The van der Waals surface area contributed by atoms with Crippen molar-refractivity contribution in [2.45, 2.75) is 58.4 Å². The maximum atomic E-state index is 14.5. The average Bonchev–Trinajstić information content (AvgIpc) is 2.86. The Morgan fingerprint density at radius 2 is 2.17 bits per heavy atom. The summed E-state index contributed by atoms with van der Waals surface area (Å²) >= 11 is 6.47. The van der Waals surface area contributed by atoms with Gasteiger partial charge in [0.25, 0.3) is 0 Å². The van der Waals surface area contributed by atoms with Crippen LogP contribution in [0.4, 0.5) is 4.39 Å². The van der Waals surface area contributed by atoms with Crippen LogP contribution in [0, 0.1) is 12.7 Å². The summed E-state index contributed by atoms with van der Waals surface area (Å²) in [5.41, 5.74) is 3.25. The third kappa shape index (κ3) is 3.14. The van der Waals surface area contributed by atoms with Crippen molar-refractivity contribution in [2.75, 3.05) is 13.1 Å². The van der Waals surface area contributed by atoms with Gasteiger partial charge in [-0.3, -0.25) is 0 Å². The smallest absolute Gasteiger partial charge is 0.132 e. The van der Waals surface area contributed by atoms with E-state index >= 15 is 0 Å². The van der Waals surface area contributed by atoms with Gasteiger partial charge in [-0.1, -0.05) is 31.4 Å². The molecule has 1 fully saturated rings. The molecule has 2 nitrogen and oxygen atoms in total. The van der Waals surface area contributed by atoms with Crippen molar-refractivity contribution in [3.63, 3.8) is 0 Å². The summed E-state index contributed by atoms with van der Waals surface area (Å²) in [6, 6.07) is 3.19. The second kappa shape index (κ2) is 7.23. The van der Waals surface area contributed by atoms with E-state index in [9.17, 15) is 4.39 Å². The van der Waals surface area contributed by atoms with Gasteiger partial charge >= 0.3 is 0 Å². The molecular formula is C19H26ClFN2. The van der Waals surface area contributed by atoms with E-state index in [0.29, 0.717) is 10.9 Å². The second-order valence-corrected chi connectivity index (χ2v) is 7.07. The molecule has 1 aliphatic heterocycles. The van der Waals surface area contributed by atoms with Crippen molar-refractivity contribution in [2.24, 2.45) is 0 Å². The highest BCUT2D eigenvalue weighted by atomic mass is 35.5. The van der Waals surface area contributed by atoms with E-state index in [1.54, 1.807) is 6.07 Å². The fraction of sp³-hybridized carbons (Fsp3) is 0.579. The zero-order valence-corrected chi connectivity index (χ0v) is 14.8. The van der Waals surface area contributed by atoms with Gasteiger partial charge < -0.3 is 9.88 Å². The number of aryl methyl sites for hydroxylation is 2. The van der Waals surface area contributed by atoms with Gasteiger partial charge in [0, 0.05) is 30.1 Å². The normalized spacial score (nSPS) is 18.7. The van der Waals surface area contributed by atoms with Crippen LogP contribution in [0.3, 0.4) is 0 Å². The standard InChI is InChI=1S/C19H26ClFN2/c1-3-4-5-11-23-18(14-7-6-10-22-12-14)13(2)17-16(21)9-8-15(20)19(17)23/h8-9,14,22H,3-7,10-12H2,1-2H3. The third-order valence-electron chi connectivity index (χ3n) is 5.07. The molecule has 0 amide bonds. The first-order valence-electron chi connectivity index (χ1n) is 8.82. The molecule has 0 bridgehead atoms. The summed E-state index contributed by atoms with van der Waals surface area (Å²) in [6.45, 7) is 7.25. The molecule has 4 heteroatoms. The van der Waals surface area contributed by atoms with Gasteiger partial charge in [0.1, 0.15) is 5.82 Å². The molecule has 1 aliphatic rings. The van der Waals surface area contributed by atoms with Crippen molar-refractivity contribution in [3.05, 3.63) is 34.2 Å². The molecule has 0 saturated carbocycles. The highest BCUT2D eigenvalue weighted by Crippen LogP contribution is 2.38. The Kier molecular flexibility index (Phi) is 5.27. The summed E-state index contributed by atoms with van der Waals surface area (Å²) in [5, 5.41) is 4.87. The summed E-state index contributed by atoms with van der Waals surface area (Å²) < 4.78 is 16.8. The van der Waals surface area contributed by atoms with Gasteiger partial charge in [-0.15, -0.1) is 0 Å². The van der Waals surface area contributed by atoms with Gasteiger partial charge in [0.15, 0.2) is 0 Å². The van der Waals surface area contributed by atoms with Gasteiger partial charge in [0.05, 0.1) is 10.5 Å². The lowest BCUT2D eigenvalue weighted by Gasteiger charge is -2.25. The average molecular weight is 337 g/mol. The Hall–Kier alpha value is -1.06. The second-order valence-electron chi connectivity index (χ2n) is 6.67. The van der Waals surface area contributed by atoms with Crippen LogP contribution >= 0.6 is 11.6 Å². The first-order valence-corrected chi connectivity index (χ1v) is 9.20. The summed E-state index contributed by atoms with van der Waals surface area (Å²) in [4.78, 5) is 0. The maximum Gasteiger partial charge on any atom is 0.132 e. The minimum atomic E-state index is -0.152. The topological polar surface area (TPSA) is 17.0 Å². The zero-order valence-electron chi connectivity index (χ0n) is 14.1. The highest BCUT2D eigenvalue weighted by molar-refractivity contribution is 6.35. The fourth-order valence-electron chi connectivity index (χ4n) is 3.98. The SMILES string of the molecule is CCCCCn1c(C2CCCNC2)c(C)c2c(F)ccc(Cl)c21. The van der Waals surface area contributed by atoms with Crippen LogP contribution in [0.2, 0.25) is 5.02 Å². The van der Waals surface area contributed by atoms with Crippen molar-refractivity contribution in [1.29, 1.82) is 0 Å². The van der Waals surface area contributed by atoms with Gasteiger partial charge in [-0.2, -0.15) is 0 Å². The summed E-state index contributed by atoms with van der Waals surface area (Å²) in [6.07, 6.45) is 5.82. The van der Waals surface area contributed by atoms with E-state index in [1.165, 1.54) is 31.0 Å². The number of nitrogens with one attached hydrogen (secondary N) is 1. The Morgan fingerprint density at radius 1 is 1.35 bits per heavy atom. The van der Waals surface area contributed by atoms with E-state index < -0.39 is 0 Å². The van der Waals surface area contributed by atoms with Crippen LogP contribution in [-0.4, -0.2) is 17.7 Å². The lowest BCUT2D eigenvalue weighted by atomic mass is 9.93. The van der Waals surface area contributed by atoms with Crippen molar-refractivity contribution in [1.82, 2.24) is 9.88 Å². The number of halogens is 2. The Labute approximate surface area is 143 Å². The third-order valence-corrected chi connectivity index (χ3v) is 5.37. The monoisotopic (exact) mass is 336 g/mol. The molecule has 23 heavy (non-hydrogen) atoms. The number of piperidine rings is 1. The zero-order chi connectivity index (χ0) is 16.4. The van der Waals surface area contributed by atoms with Crippen molar-refractivity contribution in [3.8, 4) is 0 Å². The van der Waals surface area contributed by atoms with E-state index in [0.717, 1.165) is 48.9 Å². The number of fused-ring (bicyclic) bond motifs is 1. The first-order chi connectivity index (χ1) is 11.1. The summed E-state index contributed by atoms with van der Waals surface area (Å²) in [7, 11) is 0. The molecule has 1 unspecified atom stereocenters. The molecule has 0 spiro atoms. The molecule has 3 rings (SSSR count). The molecule has 1 N–H and O–H groups in total. The largest absolute Gasteiger partial charge is 0.343 e. The van der Waals surface area contributed by atoms with E-state index in [2.05, 4.69) is 23.7 Å². The first kappa shape index (κ1) is 16.8. The molecule has 0 radical (unpaired) electrons. The number of benzene rings is 1. The molecule has 2 heterocycles. The van der Waals surface area contributed by atoms with Crippen LogP contribution in [0.15, 0.2) is 12.1 Å². The lowest BCUT2D eigenvalue weighted by Crippen LogP contribution is -2.30. The Morgan fingerprint density at radius 3 is 2.87 bits per heavy atom. The number of nitrogens with zero attached hydrogens (tertiary/aromatic N) is 1. The summed E-state index contributed by atoms with van der Waals surface area (Å²) in [5.74, 6) is 0.300. The molecular weight excluding hydrogens is 311 g/mol. The van der Waals surface area contributed by atoms with Crippen LogP contribution < -0.4 is 5.32 Å². The number of hydrogen-bond acceptors (Lipinski definition) is 1. The van der Waals surface area contributed by atoms with E-state index in [4.69, 9.17) is 11.6 Å². The van der Waals surface area contributed by atoms with E-state index in [1.807, 2.05) is 0 Å². The highest BCUT2D eigenvalue weighted by Gasteiger charge is 2.26. The molecule has 126 valence electrons. The Balaban J connectivity index is 2.15. The van der Waals surface area contributed by atoms with Crippen LogP contribution in [-0.2, 0) is 6.54 Å². The predicted octanol–water partition coefficient (Wildman–Crippen LogP) is 5.40. The number of rotatable bonds is 5. The van der Waals surface area contributed by atoms with Gasteiger partial charge in [0.2, 0.25) is 0 Å². The predicted molar refractivity (Wildman–Crippen MR) is 96.0 cm³/mol. The Bertz CT molecular complexity index is 686. The van der Waals surface area contributed by atoms with Crippen LogP contribution in [0.25, 0.3) is 10.9 Å². The van der Waals surface area contributed by atoms with Crippen LogP contribution in [0.1, 0.15) is 56.2 Å². The van der Waals surface area contributed by atoms with Crippen LogP contribution in [0.5, 0.6) is 0 Å². The number of aromatic nitrogens is 1. The van der Waals surface area contributed by atoms with Gasteiger partial charge in [-0.25, -0.2) is 4.39 Å². The number of hydrogen-bond donors (Lipinski definition) is 1. The minimum Gasteiger partial charge on any atom is -0.343 e. The minimum absolute atomic E-state index is 0.152. The van der Waals surface area contributed by atoms with E-state index in [-0.39, 0.29) is 5.82 Å². The van der Waals surface area contributed by atoms with Crippen molar-refractivity contribution >= 4 is 22.5 Å². The molecule has 1 aromatic carbocycles. The maximum absolute atomic E-state index is 14.5. The quantitative estimate of drug-likeness (QED) is 0.723.